The Bertz CT molecular complexity index is 590. The van der Waals surface area contributed by atoms with E-state index in [1.165, 1.54) is 6.92 Å². The number of benzene rings is 1. The summed E-state index contributed by atoms with van der Waals surface area (Å²) in [6, 6.07) is 1.09. The molecule has 1 aromatic carbocycles. The highest BCUT2D eigenvalue weighted by Crippen LogP contribution is 2.24. The van der Waals surface area contributed by atoms with Gasteiger partial charge >= 0.3 is 0 Å². The maximum atomic E-state index is 13.1. The molecule has 0 aliphatic rings. The Labute approximate surface area is 108 Å². The Hall–Kier alpha value is -1.48. The van der Waals surface area contributed by atoms with Crippen molar-refractivity contribution in [1.82, 2.24) is 4.31 Å². The highest BCUT2D eigenvalue weighted by molar-refractivity contribution is 7.91. The summed E-state index contributed by atoms with van der Waals surface area (Å²) in [5.74, 6) is -2.55. The van der Waals surface area contributed by atoms with Gasteiger partial charge in [0.15, 0.2) is 16.7 Å². The number of nitrogens with zero attached hydrogens (tertiary/aromatic N) is 1. The molecule has 0 atom stereocenters. The summed E-state index contributed by atoms with van der Waals surface area (Å²) >= 11 is 4.58. The highest BCUT2D eigenvalue weighted by atomic mass is 32.2. The number of nitrogens with two attached hydrogens (primary N) is 2. The zero-order valence-electron chi connectivity index (χ0n) is 9.35. The van der Waals surface area contributed by atoms with E-state index >= 15 is 0 Å². The molecule has 0 saturated heterocycles. The first-order valence-electron chi connectivity index (χ1n) is 4.78. The van der Waals surface area contributed by atoms with Crippen LogP contribution in [0.2, 0.25) is 0 Å². The lowest BCUT2D eigenvalue weighted by Crippen LogP contribution is -2.40. The summed E-state index contributed by atoms with van der Waals surface area (Å²) in [4.78, 5) is -0.573. The molecule has 0 aliphatic heterocycles. The first-order chi connectivity index (χ1) is 8.21. The molecule has 0 aliphatic carbocycles. The average molecular weight is 295 g/mol. The molecule has 1 rings (SSSR count). The molecule has 0 bridgehead atoms. The van der Waals surface area contributed by atoms with Crippen molar-refractivity contribution < 1.29 is 17.2 Å². The predicted octanol–water partition coefficient (Wildman–Crippen LogP) is 0.801. The van der Waals surface area contributed by atoms with Gasteiger partial charge in [-0.1, -0.05) is 0 Å². The largest absolute Gasteiger partial charge is 0.398 e. The van der Waals surface area contributed by atoms with E-state index in [2.05, 4.69) is 12.2 Å². The second kappa shape index (κ2) is 5.02. The summed E-state index contributed by atoms with van der Waals surface area (Å²) < 4.78 is 50.8. The molecule has 1 aromatic rings. The molecular formula is C9H11F2N3O2S2. The van der Waals surface area contributed by atoms with E-state index in [1.54, 1.807) is 0 Å². The Kier molecular flexibility index (Phi) is 4.07. The van der Waals surface area contributed by atoms with Gasteiger partial charge in [-0.3, -0.25) is 0 Å². The first kappa shape index (κ1) is 14.6. The van der Waals surface area contributed by atoms with Crippen LogP contribution >= 0.6 is 12.2 Å². The number of thiocarbonyl (C=S) groups is 1. The molecule has 9 heteroatoms. The van der Waals surface area contributed by atoms with Crippen LogP contribution in [0.15, 0.2) is 17.0 Å². The van der Waals surface area contributed by atoms with E-state index in [0.717, 1.165) is 0 Å². The first-order valence-corrected chi connectivity index (χ1v) is 6.63. The van der Waals surface area contributed by atoms with Crippen molar-refractivity contribution in [2.45, 2.75) is 11.8 Å². The van der Waals surface area contributed by atoms with Crippen LogP contribution < -0.4 is 11.5 Å². The SMILES string of the molecule is CCN(C(N)=S)S(=O)(=O)c1cc(F)c(F)cc1N. The summed E-state index contributed by atoms with van der Waals surface area (Å²) in [5, 5.41) is -0.401. The molecule has 5 nitrogen and oxygen atoms in total. The molecule has 0 fully saturated rings. The molecule has 0 unspecified atom stereocenters. The highest BCUT2D eigenvalue weighted by Gasteiger charge is 2.27. The van der Waals surface area contributed by atoms with Gasteiger partial charge in [-0.05, 0) is 25.2 Å². The van der Waals surface area contributed by atoms with E-state index in [4.69, 9.17) is 11.5 Å². The number of halogens is 2. The van der Waals surface area contributed by atoms with E-state index in [-0.39, 0.29) is 6.54 Å². The lowest BCUT2D eigenvalue weighted by Gasteiger charge is -2.21. The van der Waals surface area contributed by atoms with Gasteiger partial charge in [-0.25, -0.2) is 21.5 Å². The lowest BCUT2D eigenvalue weighted by atomic mass is 10.3. The van der Waals surface area contributed by atoms with Crippen molar-refractivity contribution >= 4 is 33.0 Å². The van der Waals surface area contributed by atoms with Gasteiger partial charge in [-0.15, -0.1) is 0 Å². The van der Waals surface area contributed by atoms with Gasteiger partial charge in [0, 0.05) is 12.6 Å². The quantitative estimate of drug-likeness (QED) is 0.636. The monoisotopic (exact) mass is 295 g/mol. The number of anilines is 1. The van der Waals surface area contributed by atoms with Crippen LogP contribution in [0.25, 0.3) is 0 Å². The fourth-order valence-electron chi connectivity index (χ4n) is 1.33. The van der Waals surface area contributed by atoms with Crippen LogP contribution in [0.3, 0.4) is 0 Å². The Morgan fingerprint density at radius 1 is 1.39 bits per heavy atom. The molecule has 0 radical (unpaired) electrons. The molecule has 18 heavy (non-hydrogen) atoms. The topological polar surface area (TPSA) is 89.4 Å². The van der Waals surface area contributed by atoms with Gasteiger partial charge < -0.3 is 11.5 Å². The Morgan fingerprint density at radius 2 is 1.89 bits per heavy atom. The summed E-state index contributed by atoms with van der Waals surface area (Å²) in [7, 11) is -4.18. The van der Waals surface area contributed by atoms with Crippen molar-refractivity contribution in [3.8, 4) is 0 Å². The second-order valence-corrected chi connectivity index (χ2v) is 5.56. The number of sulfonamides is 1. The normalized spacial score (nSPS) is 11.3. The van der Waals surface area contributed by atoms with E-state index < -0.39 is 37.4 Å². The van der Waals surface area contributed by atoms with Crippen molar-refractivity contribution in [1.29, 1.82) is 0 Å². The third-order valence-corrected chi connectivity index (χ3v) is 4.43. The van der Waals surface area contributed by atoms with Crippen LogP contribution in [0.4, 0.5) is 14.5 Å². The van der Waals surface area contributed by atoms with Crippen LogP contribution in [-0.2, 0) is 10.0 Å². The molecule has 0 heterocycles. The predicted molar refractivity (Wildman–Crippen MR) is 67.1 cm³/mol. The van der Waals surface area contributed by atoms with Gasteiger partial charge in [-0.2, -0.15) is 0 Å². The number of rotatable bonds is 3. The minimum Gasteiger partial charge on any atom is -0.398 e. The standard InChI is InChI=1S/C9H11F2N3O2S2/c1-2-14(9(13)17)18(15,16)8-4-6(11)5(10)3-7(8)12/h3-4H,2,12H2,1H3,(H2,13,17). The zero-order chi connectivity index (χ0) is 14.1. The summed E-state index contributed by atoms with van der Waals surface area (Å²) in [5.41, 5.74) is 10.2. The fraction of sp³-hybridized carbons (Fsp3) is 0.222. The Balaban J connectivity index is 3.46. The maximum Gasteiger partial charge on any atom is 0.268 e. The number of hydrogen-bond acceptors (Lipinski definition) is 4. The summed E-state index contributed by atoms with van der Waals surface area (Å²) in [6.45, 7) is 1.45. The minimum atomic E-state index is -4.18. The average Bonchev–Trinajstić information content (AvgIpc) is 2.23. The van der Waals surface area contributed by atoms with Crippen molar-refractivity contribution in [3.63, 3.8) is 0 Å². The maximum absolute atomic E-state index is 13.1. The molecule has 0 spiro atoms. The second-order valence-electron chi connectivity index (χ2n) is 3.31. The zero-order valence-corrected chi connectivity index (χ0v) is 11.0. The van der Waals surface area contributed by atoms with Crippen LogP contribution in [0.1, 0.15) is 6.92 Å². The van der Waals surface area contributed by atoms with Gasteiger partial charge in [0.1, 0.15) is 4.90 Å². The van der Waals surface area contributed by atoms with Crippen LogP contribution in [0, 0.1) is 11.6 Å². The molecule has 0 aromatic heterocycles. The number of hydrogen-bond donors (Lipinski definition) is 2. The van der Waals surface area contributed by atoms with Gasteiger partial charge in [0.25, 0.3) is 10.0 Å². The minimum absolute atomic E-state index is 0.0455. The van der Waals surface area contributed by atoms with Crippen LogP contribution in [0.5, 0.6) is 0 Å². The molecule has 4 N–H and O–H groups in total. The van der Waals surface area contributed by atoms with Crippen molar-refractivity contribution in [2.75, 3.05) is 12.3 Å². The van der Waals surface area contributed by atoms with E-state index in [1.807, 2.05) is 0 Å². The molecular weight excluding hydrogens is 284 g/mol. The van der Waals surface area contributed by atoms with Gasteiger partial charge in [0.05, 0.1) is 5.69 Å². The number of nitrogen functional groups attached to an aromatic ring is 1. The van der Waals surface area contributed by atoms with E-state index in [9.17, 15) is 17.2 Å². The smallest absolute Gasteiger partial charge is 0.268 e. The molecule has 0 amide bonds. The van der Waals surface area contributed by atoms with Crippen LogP contribution in [-0.4, -0.2) is 24.4 Å². The molecule has 100 valence electrons. The Morgan fingerprint density at radius 3 is 2.33 bits per heavy atom. The third-order valence-electron chi connectivity index (χ3n) is 2.15. The fourth-order valence-corrected chi connectivity index (χ4v) is 3.18. The van der Waals surface area contributed by atoms with E-state index in [0.29, 0.717) is 16.4 Å². The summed E-state index contributed by atoms with van der Waals surface area (Å²) in [6.07, 6.45) is 0. The lowest BCUT2D eigenvalue weighted by molar-refractivity contribution is 0.502. The van der Waals surface area contributed by atoms with Crippen molar-refractivity contribution in [3.05, 3.63) is 23.8 Å². The molecule has 0 saturated carbocycles. The van der Waals surface area contributed by atoms with Gasteiger partial charge in [0.2, 0.25) is 0 Å². The third kappa shape index (κ3) is 2.51. The van der Waals surface area contributed by atoms with Crippen molar-refractivity contribution in [2.24, 2.45) is 5.73 Å².